The predicted molar refractivity (Wildman–Crippen MR) is 112 cm³/mol. The number of rotatable bonds is 4. The summed E-state index contributed by atoms with van der Waals surface area (Å²) in [6.07, 6.45) is 2.37. The highest BCUT2D eigenvalue weighted by molar-refractivity contribution is 6.05. The van der Waals surface area contributed by atoms with Crippen LogP contribution in [0.3, 0.4) is 0 Å². The van der Waals surface area contributed by atoms with Crippen LogP contribution >= 0.6 is 0 Å². The summed E-state index contributed by atoms with van der Waals surface area (Å²) in [5, 5.41) is 0. The second-order valence-corrected chi connectivity index (χ2v) is 7.29. The van der Waals surface area contributed by atoms with Crippen LogP contribution < -0.4 is 20.3 Å². The van der Waals surface area contributed by atoms with Gasteiger partial charge in [-0.15, -0.1) is 0 Å². The lowest BCUT2D eigenvalue weighted by molar-refractivity contribution is -0.118. The molecule has 2 saturated heterocycles. The number of ether oxygens (including phenoxy) is 1. The van der Waals surface area contributed by atoms with E-state index in [9.17, 15) is 4.79 Å². The average Bonchev–Trinajstić information content (AvgIpc) is 3.32. The Morgan fingerprint density at radius 3 is 2.66 bits per heavy atom. The van der Waals surface area contributed by atoms with Gasteiger partial charge in [-0.05, 0) is 35.7 Å². The van der Waals surface area contributed by atoms with Crippen LogP contribution in [0.2, 0.25) is 0 Å². The number of hydrogen-bond acceptors (Lipinski definition) is 6. The Bertz CT molecular complexity index is 1070. The Kier molecular flexibility index (Phi) is 4.08. The van der Waals surface area contributed by atoms with E-state index in [-0.39, 0.29) is 23.9 Å². The van der Waals surface area contributed by atoms with Crippen LogP contribution in [-0.4, -0.2) is 41.6 Å². The predicted octanol–water partition coefficient (Wildman–Crippen LogP) is 2.73. The topological polar surface area (TPSA) is 84.6 Å². The molecule has 2 N–H and O–H groups in total. The zero-order chi connectivity index (χ0) is 20.0. The number of methoxy groups -OCH3 is 1. The van der Waals surface area contributed by atoms with Crippen LogP contribution in [0.15, 0.2) is 60.8 Å². The Morgan fingerprint density at radius 1 is 1.10 bits per heavy atom. The first-order chi connectivity index (χ1) is 14.2. The normalized spacial score (nSPS) is 20.4. The minimum atomic E-state index is -0.251. The molecule has 5 rings (SSSR count). The first kappa shape index (κ1) is 17.5. The SMILES string of the molecule is COc1ccc(-c2ccccc2)cc1N1C(=O)C2CC1CN2c1ccnc(N)n1. The van der Waals surface area contributed by atoms with E-state index >= 15 is 0 Å². The van der Waals surface area contributed by atoms with Crippen LogP contribution in [0.25, 0.3) is 11.1 Å². The minimum absolute atomic E-state index is 0.0574. The molecule has 2 aliphatic rings. The third-order valence-corrected chi connectivity index (χ3v) is 5.67. The first-order valence-corrected chi connectivity index (χ1v) is 9.57. The molecular weight excluding hydrogens is 366 g/mol. The van der Waals surface area contributed by atoms with Gasteiger partial charge < -0.3 is 20.3 Å². The number of nitrogens with zero attached hydrogens (tertiary/aromatic N) is 4. The van der Waals surface area contributed by atoms with Crippen molar-refractivity contribution in [2.75, 3.05) is 29.2 Å². The highest BCUT2D eigenvalue weighted by Crippen LogP contribution is 2.42. The number of hydrogen-bond donors (Lipinski definition) is 1. The lowest BCUT2D eigenvalue weighted by atomic mass is 10.0. The molecule has 2 aliphatic heterocycles. The van der Waals surface area contributed by atoms with Crippen molar-refractivity contribution in [1.29, 1.82) is 0 Å². The van der Waals surface area contributed by atoms with Crippen LogP contribution in [0, 0.1) is 0 Å². The molecule has 0 aliphatic carbocycles. The molecule has 0 spiro atoms. The van der Waals surface area contributed by atoms with Crippen molar-refractivity contribution in [3.8, 4) is 16.9 Å². The van der Waals surface area contributed by atoms with E-state index in [1.165, 1.54) is 0 Å². The summed E-state index contributed by atoms with van der Waals surface area (Å²) in [6, 6.07) is 17.7. The van der Waals surface area contributed by atoms with Gasteiger partial charge in [-0.1, -0.05) is 36.4 Å². The molecule has 7 heteroatoms. The Labute approximate surface area is 168 Å². The Hall–Kier alpha value is -3.61. The first-order valence-electron chi connectivity index (χ1n) is 9.57. The number of anilines is 3. The van der Waals surface area contributed by atoms with Crippen LogP contribution in [0.4, 0.5) is 17.5 Å². The standard InChI is InChI=1S/C22H21N5O2/c1-29-19-8-7-15(14-5-3-2-4-6-14)11-17(19)27-16-12-18(21(27)28)26(13-16)20-9-10-24-22(23)25-20/h2-11,16,18H,12-13H2,1H3,(H2,23,24,25). The summed E-state index contributed by atoms with van der Waals surface area (Å²) in [6.45, 7) is 0.700. The molecule has 0 radical (unpaired) electrons. The number of carbonyl (C=O) groups is 1. The van der Waals surface area contributed by atoms with Gasteiger partial charge in [-0.2, -0.15) is 4.98 Å². The molecule has 7 nitrogen and oxygen atoms in total. The molecule has 1 amide bonds. The van der Waals surface area contributed by atoms with Gasteiger partial charge in [-0.3, -0.25) is 4.79 Å². The van der Waals surface area contributed by atoms with E-state index in [4.69, 9.17) is 10.5 Å². The second kappa shape index (κ2) is 6.77. The third kappa shape index (κ3) is 2.86. The summed E-state index contributed by atoms with van der Waals surface area (Å²) < 4.78 is 5.59. The smallest absolute Gasteiger partial charge is 0.250 e. The number of carbonyl (C=O) groups excluding carboxylic acids is 1. The summed E-state index contributed by atoms with van der Waals surface area (Å²) in [7, 11) is 1.63. The molecule has 3 heterocycles. The monoisotopic (exact) mass is 387 g/mol. The van der Waals surface area contributed by atoms with Crippen LogP contribution in [-0.2, 0) is 4.79 Å². The molecule has 2 unspecified atom stereocenters. The number of nitrogens with two attached hydrogens (primary N) is 1. The van der Waals surface area contributed by atoms with Crippen molar-refractivity contribution in [2.24, 2.45) is 0 Å². The minimum Gasteiger partial charge on any atom is -0.495 e. The summed E-state index contributed by atoms with van der Waals surface area (Å²) in [4.78, 5) is 25.4. The summed E-state index contributed by atoms with van der Waals surface area (Å²) in [5.74, 6) is 1.67. The van der Waals surface area contributed by atoms with Crippen molar-refractivity contribution >= 4 is 23.4 Å². The highest BCUT2D eigenvalue weighted by atomic mass is 16.5. The molecule has 2 bridgehead atoms. The largest absolute Gasteiger partial charge is 0.495 e. The maximum atomic E-state index is 13.3. The van der Waals surface area contributed by atoms with Crippen molar-refractivity contribution in [1.82, 2.24) is 9.97 Å². The third-order valence-electron chi connectivity index (χ3n) is 5.67. The zero-order valence-corrected chi connectivity index (χ0v) is 16.0. The Balaban J connectivity index is 1.49. The quantitative estimate of drug-likeness (QED) is 0.741. The number of nitrogen functional groups attached to an aromatic ring is 1. The van der Waals surface area contributed by atoms with Gasteiger partial charge in [0, 0.05) is 12.7 Å². The number of benzene rings is 2. The fraction of sp³-hybridized carbons (Fsp3) is 0.227. The number of aromatic nitrogens is 2. The molecule has 29 heavy (non-hydrogen) atoms. The van der Waals surface area contributed by atoms with Crippen LogP contribution in [0.5, 0.6) is 5.75 Å². The van der Waals surface area contributed by atoms with Gasteiger partial charge in [0.2, 0.25) is 11.9 Å². The fourth-order valence-electron chi connectivity index (χ4n) is 4.36. The molecule has 2 atom stereocenters. The maximum Gasteiger partial charge on any atom is 0.250 e. The average molecular weight is 387 g/mol. The molecule has 2 aromatic carbocycles. The van der Waals surface area contributed by atoms with E-state index in [2.05, 4.69) is 22.1 Å². The van der Waals surface area contributed by atoms with E-state index in [0.717, 1.165) is 23.2 Å². The Morgan fingerprint density at radius 2 is 1.93 bits per heavy atom. The molecular formula is C22H21N5O2. The van der Waals surface area contributed by atoms with E-state index < -0.39 is 0 Å². The van der Waals surface area contributed by atoms with Gasteiger partial charge in [0.15, 0.2) is 0 Å². The number of amides is 1. The van der Waals surface area contributed by atoms with E-state index in [1.807, 2.05) is 46.2 Å². The molecule has 0 saturated carbocycles. The highest BCUT2D eigenvalue weighted by Gasteiger charge is 2.51. The summed E-state index contributed by atoms with van der Waals surface area (Å²) in [5.41, 5.74) is 8.70. The number of fused-ring (bicyclic) bond motifs is 2. The van der Waals surface area contributed by atoms with E-state index in [1.54, 1.807) is 19.4 Å². The zero-order valence-electron chi connectivity index (χ0n) is 16.0. The van der Waals surface area contributed by atoms with Gasteiger partial charge >= 0.3 is 0 Å². The molecule has 1 aromatic heterocycles. The maximum absolute atomic E-state index is 13.3. The molecule has 3 aromatic rings. The van der Waals surface area contributed by atoms with Crippen molar-refractivity contribution in [2.45, 2.75) is 18.5 Å². The molecule has 2 fully saturated rings. The van der Waals surface area contributed by atoms with Gasteiger partial charge in [0.25, 0.3) is 0 Å². The molecule has 146 valence electrons. The fourth-order valence-corrected chi connectivity index (χ4v) is 4.36. The van der Waals surface area contributed by atoms with Crippen molar-refractivity contribution < 1.29 is 9.53 Å². The van der Waals surface area contributed by atoms with Crippen LogP contribution in [0.1, 0.15) is 6.42 Å². The second-order valence-electron chi connectivity index (χ2n) is 7.29. The van der Waals surface area contributed by atoms with Gasteiger partial charge in [0.1, 0.15) is 17.6 Å². The lowest BCUT2D eigenvalue weighted by Gasteiger charge is -2.35. The summed E-state index contributed by atoms with van der Waals surface area (Å²) >= 11 is 0. The van der Waals surface area contributed by atoms with Crippen molar-refractivity contribution in [3.63, 3.8) is 0 Å². The van der Waals surface area contributed by atoms with Gasteiger partial charge in [-0.25, -0.2) is 4.98 Å². The van der Waals surface area contributed by atoms with E-state index in [0.29, 0.717) is 18.1 Å². The van der Waals surface area contributed by atoms with Crippen molar-refractivity contribution in [3.05, 3.63) is 60.8 Å². The van der Waals surface area contributed by atoms with Gasteiger partial charge in [0.05, 0.1) is 18.8 Å². The lowest BCUT2D eigenvalue weighted by Crippen LogP contribution is -2.51. The number of piperazine rings is 1.